The first-order valence-corrected chi connectivity index (χ1v) is 6.85. The summed E-state index contributed by atoms with van der Waals surface area (Å²) in [7, 11) is 0. The molecule has 1 aromatic carbocycles. The lowest BCUT2D eigenvalue weighted by Gasteiger charge is -2.07. The maximum absolute atomic E-state index is 11.9. The molecular weight excluding hydrogens is 276 g/mol. The molecule has 0 fully saturated rings. The van der Waals surface area contributed by atoms with E-state index < -0.39 is 6.10 Å². The Balaban J connectivity index is 1.96. The smallest absolute Gasteiger partial charge is 0.244 e. The summed E-state index contributed by atoms with van der Waals surface area (Å²) in [5.74, 6) is -0.139. The second-order valence-corrected chi connectivity index (χ2v) is 5.04. The number of amides is 1. The number of hydrogen-bond acceptors (Lipinski definition) is 2. The van der Waals surface area contributed by atoms with Gasteiger partial charge in [-0.05, 0) is 36.2 Å². The van der Waals surface area contributed by atoms with Crippen molar-refractivity contribution in [3.05, 3.63) is 53.3 Å². The van der Waals surface area contributed by atoms with E-state index in [0.29, 0.717) is 17.1 Å². The van der Waals surface area contributed by atoms with Crippen molar-refractivity contribution in [1.82, 2.24) is 4.57 Å². The lowest BCUT2D eigenvalue weighted by atomic mass is 10.1. The zero-order valence-corrected chi connectivity index (χ0v) is 12.0. The molecule has 0 aliphatic rings. The van der Waals surface area contributed by atoms with Gasteiger partial charge in [0.2, 0.25) is 5.91 Å². The van der Waals surface area contributed by atoms with E-state index in [0.717, 1.165) is 5.56 Å². The Bertz CT molecular complexity index is 595. The minimum atomic E-state index is -0.479. The van der Waals surface area contributed by atoms with E-state index in [-0.39, 0.29) is 12.5 Å². The van der Waals surface area contributed by atoms with Gasteiger partial charge in [0.15, 0.2) is 0 Å². The first-order chi connectivity index (χ1) is 9.58. The third-order valence-corrected chi connectivity index (χ3v) is 3.21. The fraction of sp³-hybridized carbons (Fsp3) is 0.267. The van der Waals surface area contributed by atoms with Gasteiger partial charge in [-0.15, -0.1) is 0 Å². The summed E-state index contributed by atoms with van der Waals surface area (Å²) in [5, 5.41) is 13.1. The SMILES string of the molecule is CCC(O)c1ccn(CC(=O)Nc2cccc(Cl)c2)c1. The molecule has 0 saturated heterocycles. The normalized spacial score (nSPS) is 12.2. The molecule has 2 aromatic rings. The Morgan fingerprint density at radius 1 is 1.45 bits per heavy atom. The number of hydrogen-bond donors (Lipinski definition) is 2. The lowest BCUT2D eigenvalue weighted by Crippen LogP contribution is -2.17. The molecule has 1 amide bonds. The first-order valence-electron chi connectivity index (χ1n) is 6.47. The van der Waals surface area contributed by atoms with E-state index in [4.69, 9.17) is 11.6 Å². The van der Waals surface area contributed by atoms with Gasteiger partial charge in [-0.2, -0.15) is 0 Å². The molecule has 0 aliphatic heterocycles. The van der Waals surface area contributed by atoms with Crippen LogP contribution in [-0.4, -0.2) is 15.6 Å². The minimum Gasteiger partial charge on any atom is -0.388 e. The molecule has 4 nitrogen and oxygen atoms in total. The van der Waals surface area contributed by atoms with Gasteiger partial charge in [0, 0.05) is 23.1 Å². The predicted molar refractivity (Wildman–Crippen MR) is 79.8 cm³/mol. The molecule has 2 rings (SSSR count). The van der Waals surface area contributed by atoms with Crippen LogP contribution in [0.2, 0.25) is 5.02 Å². The third-order valence-electron chi connectivity index (χ3n) is 2.98. The number of benzene rings is 1. The number of rotatable bonds is 5. The Morgan fingerprint density at radius 2 is 2.25 bits per heavy atom. The molecule has 2 N–H and O–H groups in total. The van der Waals surface area contributed by atoms with E-state index in [2.05, 4.69) is 5.32 Å². The van der Waals surface area contributed by atoms with Gasteiger partial charge in [-0.25, -0.2) is 0 Å². The highest BCUT2D eigenvalue weighted by Crippen LogP contribution is 2.17. The van der Waals surface area contributed by atoms with Crippen molar-refractivity contribution < 1.29 is 9.90 Å². The quantitative estimate of drug-likeness (QED) is 0.889. The van der Waals surface area contributed by atoms with Crippen LogP contribution in [0.3, 0.4) is 0 Å². The average Bonchev–Trinajstić information content (AvgIpc) is 2.86. The number of carbonyl (C=O) groups is 1. The van der Waals surface area contributed by atoms with Gasteiger partial charge in [0.05, 0.1) is 6.10 Å². The molecule has 1 unspecified atom stereocenters. The van der Waals surface area contributed by atoms with E-state index in [1.807, 2.05) is 13.0 Å². The standard InChI is InChI=1S/C15H17ClN2O2/c1-2-14(19)11-6-7-18(9-11)10-15(20)17-13-5-3-4-12(16)8-13/h3-9,14,19H,2,10H2,1H3,(H,17,20). The van der Waals surface area contributed by atoms with Gasteiger partial charge in [-0.3, -0.25) is 4.79 Å². The maximum Gasteiger partial charge on any atom is 0.244 e. The monoisotopic (exact) mass is 292 g/mol. The van der Waals surface area contributed by atoms with Crippen molar-refractivity contribution in [2.45, 2.75) is 26.0 Å². The van der Waals surface area contributed by atoms with Crippen LogP contribution in [0.15, 0.2) is 42.7 Å². The second-order valence-electron chi connectivity index (χ2n) is 4.60. The summed E-state index contributed by atoms with van der Waals surface area (Å²) < 4.78 is 1.74. The Morgan fingerprint density at radius 3 is 2.95 bits per heavy atom. The number of carbonyl (C=O) groups excluding carboxylic acids is 1. The number of aliphatic hydroxyl groups is 1. The van der Waals surface area contributed by atoms with Crippen molar-refractivity contribution >= 4 is 23.2 Å². The van der Waals surface area contributed by atoms with Crippen molar-refractivity contribution in [3.63, 3.8) is 0 Å². The van der Waals surface area contributed by atoms with Crippen LogP contribution >= 0.6 is 11.6 Å². The van der Waals surface area contributed by atoms with Gasteiger partial charge < -0.3 is 15.0 Å². The van der Waals surface area contributed by atoms with Crippen molar-refractivity contribution in [1.29, 1.82) is 0 Å². The molecule has 0 saturated carbocycles. The molecule has 20 heavy (non-hydrogen) atoms. The summed E-state index contributed by atoms with van der Waals surface area (Å²) in [5.41, 5.74) is 1.49. The Kier molecular flexibility index (Phi) is 4.82. The number of nitrogens with one attached hydrogen (secondary N) is 1. The molecular formula is C15H17ClN2O2. The zero-order chi connectivity index (χ0) is 14.5. The lowest BCUT2D eigenvalue weighted by molar-refractivity contribution is -0.116. The van der Waals surface area contributed by atoms with Crippen LogP contribution in [0.5, 0.6) is 0 Å². The summed E-state index contributed by atoms with van der Waals surface area (Å²) in [6, 6.07) is 8.83. The molecule has 5 heteroatoms. The minimum absolute atomic E-state index is 0.139. The molecule has 0 radical (unpaired) electrons. The molecule has 0 bridgehead atoms. The van der Waals surface area contributed by atoms with Crippen LogP contribution in [0.4, 0.5) is 5.69 Å². The van der Waals surface area contributed by atoms with Gasteiger partial charge in [0.25, 0.3) is 0 Å². The second kappa shape index (κ2) is 6.59. The number of aromatic nitrogens is 1. The Labute approximate surface area is 123 Å². The number of halogens is 1. The molecule has 1 aromatic heterocycles. The average molecular weight is 293 g/mol. The van der Waals surface area contributed by atoms with Gasteiger partial charge in [0.1, 0.15) is 6.54 Å². The van der Waals surface area contributed by atoms with Crippen LogP contribution < -0.4 is 5.32 Å². The molecule has 0 aliphatic carbocycles. The summed E-state index contributed by atoms with van der Waals surface area (Å²) >= 11 is 5.86. The van der Waals surface area contributed by atoms with Crippen LogP contribution in [-0.2, 0) is 11.3 Å². The van der Waals surface area contributed by atoms with Crippen LogP contribution in [0.25, 0.3) is 0 Å². The highest BCUT2D eigenvalue weighted by molar-refractivity contribution is 6.30. The van der Waals surface area contributed by atoms with Crippen LogP contribution in [0, 0.1) is 0 Å². The highest BCUT2D eigenvalue weighted by atomic mass is 35.5. The third kappa shape index (κ3) is 3.85. The van der Waals surface area contributed by atoms with E-state index in [9.17, 15) is 9.90 Å². The van der Waals surface area contributed by atoms with Gasteiger partial charge >= 0.3 is 0 Å². The fourth-order valence-corrected chi connectivity index (χ4v) is 2.11. The largest absolute Gasteiger partial charge is 0.388 e. The number of anilines is 1. The van der Waals surface area contributed by atoms with Gasteiger partial charge in [-0.1, -0.05) is 24.6 Å². The van der Waals surface area contributed by atoms with E-state index in [1.54, 1.807) is 41.2 Å². The van der Waals surface area contributed by atoms with Crippen molar-refractivity contribution in [3.8, 4) is 0 Å². The topological polar surface area (TPSA) is 54.3 Å². The van der Waals surface area contributed by atoms with Crippen molar-refractivity contribution in [2.75, 3.05) is 5.32 Å². The van der Waals surface area contributed by atoms with E-state index >= 15 is 0 Å². The number of nitrogens with zero attached hydrogens (tertiary/aromatic N) is 1. The molecule has 1 heterocycles. The first kappa shape index (κ1) is 14.6. The predicted octanol–water partition coefficient (Wildman–Crippen LogP) is 3.22. The zero-order valence-electron chi connectivity index (χ0n) is 11.2. The highest BCUT2D eigenvalue weighted by Gasteiger charge is 2.08. The van der Waals surface area contributed by atoms with Crippen LogP contribution in [0.1, 0.15) is 25.0 Å². The summed E-state index contributed by atoms with van der Waals surface area (Å²) in [4.78, 5) is 11.9. The summed E-state index contributed by atoms with van der Waals surface area (Å²) in [6.45, 7) is 2.11. The van der Waals surface area contributed by atoms with E-state index in [1.165, 1.54) is 0 Å². The maximum atomic E-state index is 11.9. The molecule has 1 atom stereocenters. The molecule has 0 spiro atoms. The Hall–Kier alpha value is -1.78. The summed E-state index contributed by atoms with van der Waals surface area (Å²) in [6.07, 6.45) is 3.74. The molecule has 106 valence electrons. The van der Waals surface area contributed by atoms with Crippen molar-refractivity contribution in [2.24, 2.45) is 0 Å². The fourth-order valence-electron chi connectivity index (χ4n) is 1.92. The number of aliphatic hydroxyl groups excluding tert-OH is 1.